The number of ether oxygens (including phenoxy) is 4. The largest absolute Gasteiger partial charge is 0.444 e. The van der Waals surface area contributed by atoms with Crippen molar-refractivity contribution < 1.29 is 33.3 Å². The molecule has 3 amide bonds. The molecule has 0 aromatic heterocycles. The van der Waals surface area contributed by atoms with Gasteiger partial charge in [-0.3, -0.25) is 9.69 Å². The van der Waals surface area contributed by atoms with Gasteiger partial charge in [-0.2, -0.15) is 0 Å². The van der Waals surface area contributed by atoms with Crippen LogP contribution in [0.4, 0.5) is 9.59 Å². The smallest absolute Gasteiger partial charge is 0.417 e. The Morgan fingerprint density at radius 2 is 1.71 bits per heavy atom. The maximum Gasteiger partial charge on any atom is 0.417 e. The third kappa shape index (κ3) is 6.12. The second-order valence-corrected chi connectivity index (χ2v) is 13.6. The third-order valence-electron chi connectivity index (χ3n) is 9.02. The minimum absolute atomic E-state index is 0.308. The van der Waals surface area contributed by atoms with Crippen molar-refractivity contribution in [2.24, 2.45) is 11.8 Å². The lowest BCUT2D eigenvalue weighted by Crippen LogP contribution is -2.53. The Bertz CT molecular complexity index is 1110. The number of carbonyl (C=O) groups is 3. The molecule has 3 heterocycles. The molecule has 0 radical (unpaired) electrons. The molecule has 0 unspecified atom stereocenters. The Labute approximate surface area is 243 Å². The molecule has 3 saturated heterocycles. The van der Waals surface area contributed by atoms with Crippen molar-refractivity contribution in [2.75, 3.05) is 6.61 Å². The topological polar surface area (TPSA) is 94.6 Å². The first kappa shape index (κ1) is 29.8. The number of hydrogen-bond acceptors (Lipinski definition) is 7. The molecular formula is C32H46N2O7. The van der Waals surface area contributed by atoms with Gasteiger partial charge in [0.15, 0.2) is 0 Å². The predicted octanol–water partition coefficient (Wildman–Crippen LogP) is 6.21. The maximum absolute atomic E-state index is 14.1. The summed E-state index contributed by atoms with van der Waals surface area (Å²) in [5.41, 5.74) is -0.765. The van der Waals surface area contributed by atoms with Gasteiger partial charge < -0.3 is 18.9 Å². The van der Waals surface area contributed by atoms with Crippen LogP contribution >= 0.6 is 0 Å². The van der Waals surface area contributed by atoms with Gasteiger partial charge in [0.25, 0.3) is 0 Å². The van der Waals surface area contributed by atoms with Gasteiger partial charge in [0.2, 0.25) is 5.91 Å². The Balaban J connectivity index is 1.41. The van der Waals surface area contributed by atoms with Crippen molar-refractivity contribution in [1.29, 1.82) is 0 Å². The first-order chi connectivity index (χ1) is 19.4. The molecule has 41 heavy (non-hydrogen) atoms. The van der Waals surface area contributed by atoms with Gasteiger partial charge in [0.1, 0.15) is 23.5 Å². The lowest BCUT2D eigenvalue weighted by Gasteiger charge is -2.37. The summed E-state index contributed by atoms with van der Waals surface area (Å²) in [6.07, 6.45) is 4.32. The monoisotopic (exact) mass is 570 g/mol. The average molecular weight is 571 g/mol. The number of rotatable bonds is 5. The van der Waals surface area contributed by atoms with E-state index in [9.17, 15) is 14.4 Å². The summed E-state index contributed by atoms with van der Waals surface area (Å²) >= 11 is 0. The summed E-state index contributed by atoms with van der Waals surface area (Å²) in [6.45, 7) is 11.5. The van der Waals surface area contributed by atoms with Crippen LogP contribution in [0.15, 0.2) is 30.3 Å². The maximum atomic E-state index is 14.1. The second-order valence-electron chi connectivity index (χ2n) is 13.6. The number of imide groups is 1. The molecule has 1 aromatic rings. The van der Waals surface area contributed by atoms with Gasteiger partial charge in [-0.15, -0.1) is 0 Å². The fourth-order valence-corrected chi connectivity index (χ4v) is 7.19. The minimum atomic E-state index is -0.954. The van der Waals surface area contributed by atoms with Crippen LogP contribution < -0.4 is 0 Å². The van der Waals surface area contributed by atoms with Gasteiger partial charge in [-0.25, -0.2) is 14.5 Å². The van der Waals surface area contributed by atoms with Gasteiger partial charge in [0.05, 0.1) is 24.1 Å². The summed E-state index contributed by atoms with van der Waals surface area (Å²) in [6, 6.07) is 8.71. The van der Waals surface area contributed by atoms with Crippen molar-refractivity contribution in [3.05, 3.63) is 35.9 Å². The van der Waals surface area contributed by atoms with Crippen molar-refractivity contribution in [1.82, 2.24) is 9.80 Å². The molecule has 0 bridgehead atoms. The van der Waals surface area contributed by atoms with Crippen LogP contribution in [0.25, 0.3) is 0 Å². The van der Waals surface area contributed by atoms with Crippen LogP contribution in [0, 0.1) is 11.8 Å². The van der Waals surface area contributed by atoms with E-state index in [2.05, 4.69) is 0 Å². The Morgan fingerprint density at radius 3 is 2.37 bits per heavy atom. The first-order valence-electron chi connectivity index (χ1n) is 15.3. The highest BCUT2D eigenvalue weighted by atomic mass is 16.6. The van der Waals surface area contributed by atoms with E-state index in [0.717, 1.165) is 24.8 Å². The third-order valence-corrected chi connectivity index (χ3v) is 9.02. The second kappa shape index (κ2) is 11.6. The molecular weight excluding hydrogens is 524 g/mol. The van der Waals surface area contributed by atoms with E-state index in [-0.39, 0.29) is 11.9 Å². The summed E-state index contributed by atoms with van der Waals surface area (Å²) in [5, 5.41) is 0. The van der Waals surface area contributed by atoms with E-state index in [1.165, 1.54) is 24.2 Å². The van der Waals surface area contributed by atoms with E-state index in [1.807, 2.05) is 71.9 Å². The molecule has 9 heteroatoms. The van der Waals surface area contributed by atoms with Gasteiger partial charge in [0, 0.05) is 6.61 Å². The highest BCUT2D eigenvalue weighted by Gasteiger charge is 2.58. The molecule has 1 aromatic carbocycles. The highest BCUT2D eigenvalue weighted by molar-refractivity contribution is 5.95. The van der Waals surface area contributed by atoms with Crippen LogP contribution in [0.5, 0.6) is 0 Å². The predicted molar refractivity (Wildman–Crippen MR) is 152 cm³/mol. The normalized spacial score (nSPS) is 32.3. The lowest BCUT2D eigenvalue weighted by atomic mass is 9.81. The molecule has 6 atom stereocenters. The number of cyclic esters (lactones) is 1. The number of nitrogens with zero attached hydrogens (tertiary/aromatic N) is 2. The molecule has 0 spiro atoms. The van der Waals surface area contributed by atoms with Crippen molar-refractivity contribution in [3.63, 3.8) is 0 Å². The van der Waals surface area contributed by atoms with Crippen LogP contribution in [0.2, 0.25) is 0 Å². The van der Waals surface area contributed by atoms with Crippen LogP contribution in [0.3, 0.4) is 0 Å². The van der Waals surface area contributed by atoms with Crippen molar-refractivity contribution in [3.8, 4) is 0 Å². The zero-order valence-corrected chi connectivity index (χ0v) is 25.3. The number of carbonyl (C=O) groups excluding carboxylic acids is 3. The lowest BCUT2D eigenvalue weighted by molar-refractivity contribution is -0.143. The summed E-state index contributed by atoms with van der Waals surface area (Å²) in [7, 11) is 0. The van der Waals surface area contributed by atoms with Crippen molar-refractivity contribution >= 4 is 18.1 Å². The molecule has 226 valence electrons. The molecule has 5 rings (SSSR count). The molecule has 0 N–H and O–H groups in total. The molecule has 1 aliphatic carbocycles. The van der Waals surface area contributed by atoms with Gasteiger partial charge in [-0.05, 0) is 65.9 Å². The first-order valence-corrected chi connectivity index (χ1v) is 15.3. The fourth-order valence-electron chi connectivity index (χ4n) is 7.19. The number of hydrogen-bond donors (Lipinski definition) is 0. The quantitative estimate of drug-likeness (QED) is 0.415. The van der Waals surface area contributed by atoms with E-state index >= 15 is 0 Å². The summed E-state index contributed by atoms with van der Waals surface area (Å²) in [4.78, 5) is 43.7. The zero-order chi connectivity index (χ0) is 29.5. The van der Waals surface area contributed by atoms with E-state index in [1.54, 1.807) is 4.90 Å². The van der Waals surface area contributed by atoms with Crippen LogP contribution in [-0.4, -0.2) is 70.1 Å². The minimum Gasteiger partial charge on any atom is -0.444 e. The summed E-state index contributed by atoms with van der Waals surface area (Å²) < 4.78 is 24.4. The zero-order valence-electron chi connectivity index (χ0n) is 25.3. The molecule has 9 nitrogen and oxygen atoms in total. The Morgan fingerprint density at radius 1 is 1.02 bits per heavy atom. The average Bonchev–Trinajstić information content (AvgIpc) is 3.57. The standard InChI is InChI=1S/C32H46N2O7/c1-20-25(22-15-11-8-12-16-22)39-29(36)33(20)28(35)23-17-18-38-26(23)27-24(19-21-13-9-7-10-14-21)34(32(5,6)40-27)30(37)41-31(2,3)4/h8,11-12,15-16,20-21,23-27H,7,9-10,13-14,17-19H2,1-6H3/t20-,23-,24+,25-,26-,27-/m1/s1. The van der Waals surface area contributed by atoms with E-state index in [4.69, 9.17) is 18.9 Å². The van der Waals surface area contributed by atoms with Crippen molar-refractivity contribution in [2.45, 2.75) is 128 Å². The van der Waals surface area contributed by atoms with E-state index in [0.29, 0.717) is 18.9 Å². The molecule has 3 aliphatic heterocycles. The molecule has 4 aliphatic rings. The number of amides is 3. The van der Waals surface area contributed by atoms with E-state index < -0.39 is 53.8 Å². The number of benzene rings is 1. The SMILES string of the molecule is C[C@@H]1[C@H](c2ccccc2)OC(=O)N1C(=O)[C@@H]1CCO[C@H]1[C@@H]1OC(C)(C)N(C(=O)OC(C)(C)C)[C@H]1CC1CCCCC1. The highest BCUT2D eigenvalue weighted by Crippen LogP contribution is 2.44. The van der Waals surface area contributed by atoms with Crippen LogP contribution in [0.1, 0.15) is 98.2 Å². The van der Waals surface area contributed by atoms with Crippen LogP contribution in [-0.2, 0) is 23.7 Å². The molecule has 4 fully saturated rings. The van der Waals surface area contributed by atoms with Gasteiger partial charge in [-0.1, -0.05) is 62.4 Å². The Kier molecular flexibility index (Phi) is 8.41. The Hall–Kier alpha value is -2.65. The fraction of sp³-hybridized carbons (Fsp3) is 0.719. The van der Waals surface area contributed by atoms with Gasteiger partial charge >= 0.3 is 12.2 Å². The summed E-state index contributed by atoms with van der Waals surface area (Å²) in [5.74, 6) is -0.445. The molecule has 1 saturated carbocycles.